The van der Waals surface area contributed by atoms with E-state index in [1.165, 1.54) is 11.0 Å². The van der Waals surface area contributed by atoms with Gasteiger partial charge in [0.25, 0.3) is 0 Å². The van der Waals surface area contributed by atoms with Crippen molar-refractivity contribution in [2.75, 3.05) is 19.7 Å². The number of fused-ring (bicyclic) bond motifs is 1. The van der Waals surface area contributed by atoms with Gasteiger partial charge in [-0.25, -0.2) is 0 Å². The number of ether oxygens (including phenoxy) is 2. The molecule has 3 rings (SSSR count). The molecule has 0 saturated heterocycles. The maximum Gasteiger partial charge on any atom is 0.231 e. The van der Waals surface area contributed by atoms with Crippen LogP contribution in [0.2, 0.25) is 0 Å². The average molecular weight is 367 g/mol. The first-order valence-electron chi connectivity index (χ1n) is 9.40. The zero-order valence-corrected chi connectivity index (χ0v) is 16.0. The summed E-state index contributed by atoms with van der Waals surface area (Å²) in [6.45, 7) is 9.06. The fraction of sp³-hybridized carbons (Fsp3) is 0.318. The van der Waals surface area contributed by atoms with Crippen LogP contribution in [0.5, 0.6) is 17.2 Å². The van der Waals surface area contributed by atoms with E-state index in [1.54, 1.807) is 12.1 Å². The first kappa shape index (κ1) is 19.0. The third-order valence-corrected chi connectivity index (χ3v) is 4.81. The zero-order chi connectivity index (χ0) is 19.4. The SMILES string of the molecule is CCOc1ccc(/C=C2\Oc3c(ccc([O-])c3C[NH+](CC)CC)C2=O)cc1. The minimum atomic E-state index is -0.185. The number of allylic oxidation sites excluding steroid dienone is 1. The Bertz CT molecular complexity index is 851. The molecular weight excluding hydrogens is 342 g/mol. The Morgan fingerprint density at radius 3 is 2.41 bits per heavy atom. The highest BCUT2D eigenvalue weighted by atomic mass is 16.5. The molecule has 0 spiro atoms. The van der Waals surface area contributed by atoms with E-state index in [1.807, 2.05) is 31.2 Å². The second-order valence-electron chi connectivity index (χ2n) is 6.49. The minimum absolute atomic E-state index is 0.0803. The van der Waals surface area contributed by atoms with E-state index in [-0.39, 0.29) is 17.3 Å². The highest BCUT2D eigenvalue weighted by molar-refractivity contribution is 6.14. The molecule has 1 aliphatic heterocycles. The fourth-order valence-corrected chi connectivity index (χ4v) is 3.18. The molecule has 2 aromatic carbocycles. The molecular formula is C22H25NO4. The van der Waals surface area contributed by atoms with E-state index >= 15 is 0 Å². The molecule has 1 heterocycles. The second kappa shape index (κ2) is 8.27. The van der Waals surface area contributed by atoms with E-state index in [4.69, 9.17) is 9.47 Å². The normalized spacial score (nSPS) is 14.5. The summed E-state index contributed by atoms with van der Waals surface area (Å²) in [6, 6.07) is 10.5. The number of carbonyl (C=O) groups excluding carboxylic acids is 1. The summed E-state index contributed by atoms with van der Waals surface area (Å²) in [5.41, 5.74) is 1.89. The highest BCUT2D eigenvalue weighted by Gasteiger charge is 2.30. The Hall–Kier alpha value is -2.79. The van der Waals surface area contributed by atoms with Crippen LogP contribution >= 0.6 is 0 Å². The van der Waals surface area contributed by atoms with E-state index in [0.29, 0.717) is 30.0 Å². The summed E-state index contributed by atoms with van der Waals surface area (Å²) in [5, 5.41) is 12.4. The largest absolute Gasteiger partial charge is 0.872 e. The van der Waals surface area contributed by atoms with Crippen molar-refractivity contribution in [2.24, 2.45) is 0 Å². The molecule has 1 aliphatic rings. The summed E-state index contributed by atoms with van der Waals surface area (Å²) in [4.78, 5) is 14.0. The van der Waals surface area contributed by atoms with Crippen LogP contribution in [-0.4, -0.2) is 25.5 Å². The van der Waals surface area contributed by atoms with Crippen LogP contribution in [0.1, 0.15) is 42.3 Å². The van der Waals surface area contributed by atoms with Gasteiger partial charge in [0.15, 0.2) is 5.76 Å². The lowest BCUT2D eigenvalue weighted by Crippen LogP contribution is -3.10. The lowest BCUT2D eigenvalue weighted by molar-refractivity contribution is -0.910. The van der Waals surface area contributed by atoms with Crippen molar-refractivity contribution >= 4 is 11.9 Å². The van der Waals surface area contributed by atoms with Crippen molar-refractivity contribution in [3.8, 4) is 17.2 Å². The maximum atomic E-state index is 12.7. The molecule has 0 amide bonds. The Morgan fingerprint density at radius 2 is 1.78 bits per heavy atom. The summed E-state index contributed by atoms with van der Waals surface area (Å²) in [5.74, 6) is 1.18. The molecule has 27 heavy (non-hydrogen) atoms. The molecule has 0 radical (unpaired) electrons. The van der Waals surface area contributed by atoms with Crippen LogP contribution in [0.4, 0.5) is 0 Å². The Labute approximate surface area is 159 Å². The van der Waals surface area contributed by atoms with Crippen LogP contribution < -0.4 is 19.5 Å². The molecule has 0 aromatic heterocycles. The Kier molecular flexibility index (Phi) is 5.81. The Morgan fingerprint density at radius 1 is 1.07 bits per heavy atom. The summed E-state index contributed by atoms with van der Waals surface area (Å²) < 4.78 is 11.3. The monoisotopic (exact) mass is 367 g/mol. The molecule has 0 atom stereocenters. The highest BCUT2D eigenvalue weighted by Crippen LogP contribution is 2.38. The molecule has 0 fully saturated rings. The van der Waals surface area contributed by atoms with E-state index in [9.17, 15) is 9.90 Å². The topological polar surface area (TPSA) is 63.0 Å². The van der Waals surface area contributed by atoms with Crippen molar-refractivity contribution in [2.45, 2.75) is 27.3 Å². The first-order valence-corrected chi connectivity index (χ1v) is 9.40. The fourth-order valence-electron chi connectivity index (χ4n) is 3.18. The van der Waals surface area contributed by atoms with Crippen molar-refractivity contribution in [1.29, 1.82) is 0 Å². The molecule has 0 unspecified atom stereocenters. The predicted molar refractivity (Wildman–Crippen MR) is 102 cm³/mol. The van der Waals surface area contributed by atoms with E-state index in [2.05, 4.69) is 13.8 Å². The van der Waals surface area contributed by atoms with Crippen molar-refractivity contribution in [1.82, 2.24) is 0 Å². The number of ketones is 1. The number of Topliss-reactive ketones (excluding diaryl/α,β-unsaturated/α-hetero) is 1. The van der Waals surface area contributed by atoms with Crippen LogP contribution in [0.15, 0.2) is 42.2 Å². The zero-order valence-electron chi connectivity index (χ0n) is 16.0. The van der Waals surface area contributed by atoms with Gasteiger partial charge in [-0.15, -0.1) is 0 Å². The van der Waals surface area contributed by atoms with Gasteiger partial charge < -0.3 is 19.5 Å². The predicted octanol–water partition coefficient (Wildman–Crippen LogP) is 2.20. The maximum absolute atomic E-state index is 12.7. The van der Waals surface area contributed by atoms with Gasteiger partial charge in [0.2, 0.25) is 5.78 Å². The summed E-state index contributed by atoms with van der Waals surface area (Å²) in [7, 11) is 0. The van der Waals surface area contributed by atoms with Gasteiger partial charge in [-0.3, -0.25) is 4.79 Å². The molecule has 0 saturated carbocycles. The number of hydrogen-bond acceptors (Lipinski definition) is 4. The number of nitrogens with one attached hydrogen (secondary N) is 1. The van der Waals surface area contributed by atoms with Gasteiger partial charge in [-0.1, -0.05) is 23.9 Å². The third kappa shape index (κ3) is 3.98. The molecule has 0 aliphatic carbocycles. The van der Waals surface area contributed by atoms with E-state index < -0.39 is 0 Å². The first-order chi connectivity index (χ1) is 13.1. The second-order valence-corrected chi connectivity index (χ2v) is 6.49. The molecule has 5 nitrogen and oxygen atoms in total. The molecule has 1 N–H and O–H groups in total. The average Bonchev–Trinajstić information content (AvgIpc) is 2.99. The van der Waals surface area contributed by atoms with E-state index in [0.717, 1.165) is 24.4 Å². The van der Waals surface area contributed by atoms with Crippen molar-refractivity contribution < 1.29 is 24.3 Å². The van der Waals surface area contributed by atoms with Crippen molar-refractivity contribution in [3.63, 3.8) is 0 Å². The number of hydrogen-bond donors (Lipinski definition) is 1. The van der Waals surface area contributed by atoms with Gasteiger partial charge in [0.1, 0.15) is 18.0 Å². The van der Waals surface area contributed by atoms with Gasteiger partial charge in [0, 0.05) is 5.56 Å². The number of rotatable bonds is 7. The molecule has 142 valence electrons. The Balaban J connectivity index is 1.90. The number of quaternary nitrogens is 1. The van der Waals surface area contributed by atoms with Gasteiger partial charge >= 0.3 is 0 Å². The van der Waals surface area contributed by atoms with Crippen LogP contribution in [0.25, 0.3) is 6.08 Å². The molecule has 2 aromatic rings. The number of carbonyl (C=O) groups is 1. The van der Waals surface area contributed by atoms with Gasteiger partial charge in [-0.05, 0) is 50.6 Å². The van der Waals surface area contributed by atoms with Crippen LogP contribution in [-0.2, 0) is 6.54 Å². The van der Waals surface area contributed by atoms with Crippen LogP contribution in [0, 0.1) is 0 Å². The lowest BCUT2D eigenvalue weighted by Gasteiger charge is -2.21. The smallest absolute Gasteiger partial charge is 0.231 e. The van der Waals surface area contributed by atoms with Gasteiger partial charge in [0.05, 0.1) is 25.3 Å². The third-order valence-electron chi connectivity index (χ3n) is 4.81. The standard InChI is InChI=1S/C22H25NO4/c1-4-23(5-2)14-18-19(24)12-11-17-21(25)20(27-22(17)18)13-15-7-9-16(10-8-15)26-6-3/h7-13,24H,4-6,14H2,1-3H3/b20-13-. The quantitative estimate of drug-likeness (QED) is 0.762. The van der Waals surface area contributed by atoms with Crippen LogP contribution in [0.3, 0.4) is 0 Å². The molecule has 0 bridgehead atoms. The number of benzene rings is 2. The summed E-state index contributed by atoms with van der Waals surface area (Å²) >= 11 is 0. The summed E-state index contributed by atoms with van der Waals surface area (Å²) in [6.07, 6.45) is 1.70. The minimum Gasteiger partial charge on any atom is -0.872 e. The van der Waals surface area contributed by atoms with Gasteiger partial charge in [-0.2, -0.15) is 0 Å². The van der Waals surface area contributed by atoms with Crippen molar-refractivity contribution in [3.05, 3.63) is 58.8 Å². The lowest BCUT2D eigenvalue weighted by atomic mass is 10.0. The molecule has 5 heteroatoms.